The zero-order valence-corrected chi connectivity index (χ0v) is 14.4. The Morgan fingerprint density at radius 2 is 0.917 bits per heavy atom. The molecule has 0 aliphatic rings. The van der Waals surface area contributed by atoms with E-state index in [9.17, 15) is 22.0 Å². The molecule has 0 bridgehead atoms. The molecule has 0 aromatic heterocycles. The van der Waals surface area contributed by atoms with Gasteiger partial charge in [-0.2, -0.15) is 0 Å². The quantitative estimate of drug-likeness (QED) is 0.220. The Balaban J connectivity index is 3.16. The topological polar surface area (TPSA) is 0 Å². The monoisotopic (exact) mass is 392 g/mol. The van der Waals surface area contributed by atoms with Crippen LogP contribution in [0.4, 0.5) is 22.0 Å². The molecule has 2 aromatic rings. The molecule has 0 radical (unpaired) electrons. The molecule has 0 unspecified atom stereocenters. The van der Waals surface area contributed by atoms with Crippen LogP contribution in [0.15, 0.2) is 50.6 Å². The Kier molecular flexibility index (Phi) is 6.06. The lowest BCUT2D eigenvalue weighted by Crippen LogP contribution is -2.03. The van der Waals surface area contributed by atoms with E-state index >= 15 is 0 Å². The summed E-state index contributed by atoms with van der Waals surface area (Å²) in [6, 6.07) is 0. The summed E-state index contributed by atoms with van der Waals surface area (Å²) in [4.78, 5) is 0.121. The van der Waals surface area contributed by atoms with Crippen LogP contribution in [0.25, 0.3) is 10.8 Å². The van der Waals surface area contributed by atoms with Crippen LogP contribution < -0.4 is 0 Å². The Bertz CT molecular complexity index is 861. The number of halogens is 5. The summed E-state index contributed by atoms with van der Waals surface area (Å²) in [6.45, 7) is 10.4. The van der Waals surface area contributed by atoms with E-state index in [-0.39, 0.29) is 14.7 Å². The normalized spacial score (nSPS) is 10.9. The third-order valence-electron chi connectivity index (χ3n) is 2.93. The predicted molar refractivity (Wildman–Crippen MR) is 91.9 cm³/mol. The average Bonchev–Trinajstić information content (AvgIpc) is 2.56. The first kappa shape index (κ1) is 19.0. The Morgan fingerprint density at radius 1 is 0.500 bits per heavy atom. The molecule has 0 fully saturated rings. The fourth-order valence-corrected chi connectivity index (χ4v) is 4.54. The van der Waals surface area contributed by atoms with Gasteiger partial charge < -0.3 is 0 Å². The summed E-state index contributed by atoms with van der Waals surface area (Å²) >= 11 is 2.60. The van der Waals surface area contributed by atoms with Crippen molar-refractivity contribution >= 4 is 46.1 Å². The molecule has 0 atom stereocenters. The van der Waals surface area contributed by atoms with Gasteiger partial charge in [0.15, 0.2) is 23.3 Å². The van der Waals surface area contributed by atoms with Crippen molar-refractivity contribution in [2.75, 3.05) is 0 Å². The maximum Gasteiger partial charge on any atom is 0.198 e. The molecule has 0 heterocycles. The van der Waals surface area contributed by atoms with Gasteiger partial charge in [0.2, 0.25) is 0 Å². The van der Waals surface area contributed by atoms with Gasteiger partial charge >= 0.3 is 0 Å². The standard InChI is InChI=1S/C16H9F5S3/c1-4-22-14-8-7(9(17)12(20)13(21)10(8)18)11(19)15(23-5-2)16(14)24-6-3/h4-6H,1-3H2. The van der Waals surface area contributed by atoms with Crippen molar-refractivity contribution in [1.82, 2.24) is 0 Å². The summed E-state index contributed by atoms with van der Waals surface area (Å²) in [6.07, 6.45) is 0. The lowest BCUT2D eigenvalue weighted by atomic mass is 10.1. The van der Waals surface area contributed by atoms with Gasteiger partial charge in [-0.1, -0.05) is 55.0 Å². The molecule has 0 N–H and O–H groups in total. The Hall–Kier alpha value is -1.38. The Morgan fingerprint density at radius 3 is 1.42 bits per heavy atom. The van der Waals surface area contributed by atoms with Crippen molar-refractivity contribution in [1.29, 1.82) is 0 Å². The van der Waals surface area contributed by atoms with E-state index in [4.69, 9.17) is 0 Å². The molecular weight excluding hydrogens is 383 g/mol. The van der Waals surface area contributed by atoms with Crippen LogP contribution >= 0.6 is 35.3 Å². The van der Waals surface area contributed by atoms with Crippen LogP contribution in [0, 0.1) is 29.1 Å². The van der Waals surface area contributed by atoms with E-state index in [1.54, 1.807) is 0 Å². The van der Waals surface area contributed by atoms with E-state index in [1.807, 2.05) is 0 Å². The van der Waals surface area contributed by atoms with Crippen LogP contribution in [0.1, 0.15) is 0 Å². The van der Waals surface area contributed by atoms with E-state index in [1.165, 1.54) is 16.2 Å². The SMILES string of the molecule is C=CSc1c(SC=C)c(SC=C)c2c(F)c(F)c(F)c(F)c2c1F. The average molecular weight is 392 g/mol. The molecule has 24 heavy (non-hydrogen) atoms. The Labute approximate surface area is 147 Å². The highest BCUT2D eigenvalue weighted by Gasteiger charge is 2.29. The second-order valence-electron chi connectivity index (χ2n) is 4.16. The molecule has 0 aliphatic carbocycles. The summed E-state index contributed by atoms with van der Waals surface area (Å²) in [7, 11) is 0. The minimum atomic E-state index is -2.06. The van der Waals surface area contributed by atoms with E-state index < -0.39 is 39.9 Å². The highest BCUT2D eigenvalue weighted by molar-refractivity contribution is 8.06. The van der Waals surface area contributed by atoms with Gasteiger partial charge in [-0.25, -0.2) is 22.0 Å². The van der Waals surface area contributed by atoms with Crippen LogP contribution in [-0.4, -0.2) is 0 Å². The zero-order valence-electron chi connectivity index (χ0n) is 12.0. The maximum absolute atomic E-state index is 14.8. The second-order valence-corrected chi connectivity index (χ2v) is 7.09. The smallest absolute Gasteiger partial charge is 0.198 e. The molecule has 0 amide bonds. The molecule has 0 saturated carbocycles. The summed E-state index contributed by atoms with van der Waals surface area (Å²) < 4.78 is 70.4. The highest BCUT2D eigenvalue weighted by Crippen LogP contribution is 2.48. The van der Waals surface area contributed by atoms with E-state index in [2.05, 4.69) is 19.7 Å². The molecule has 2 aromatic carbocycles. The van der Waals surface area contributed by atoms with Gasteiger partial charge in [-0.15, -0.1) is 0 Å². The molecule has 0 aliphatic heterocycles. The van der Waals surface area contributed by atoms with E-state index in [0.29, 0.717) is 0 Å². The van der Waals surface area contributed by atoms with Crippen LogP contribution in [0.2, 0.25) is 0 Å². The van der Waals surface area contributed by atoms with Gasteiger partial charge in [0, 0.05) is 15.2 Å². The number of thioether (sulfide) groups is 3. The van der Waals surface area contributed by atoms with E-state index in [0.717, 1.165) is 35.3 Å². The van der Waals surface area contributed by atoms with Crippen molar-refractivity contribution in [3.8, 4) is 0 Å². The molecule has 0 spiro atoms. The number of rotatable bonds is 6. The number of fused-ring (bicyclic) bond motifs is 1. The van der Waals surface area contributed by atoms with Gasteiger partial charge in [0.1, 0.15) is 5.82 Å². The number of benzene rings is 2. The predicted octanol–water partition coefficient (Wildman–Crippen LogP) is 7.24. The molecule has 0 saturated heterocycles. The lowest BCUT2D eigenvalue weighted by molar-refractivity contribution is 0.415. The van der Waals surface area contributed by atoms with Crippen LogP contribution in [0.5, 0.6) is 0 Å². The van der Waals surface area contributed by atoms with Gasteiger partial charge in [-0.3, -0.25) is 0 Å². The first-order chi connectivity index (χ1) is 11.4. The number of hydrogen-bond donors (Lipinski definition) is 0. The van der Waals surface area contributed by atoms with Crippen LogP contribution in [0.3, 0.4) is 0 Å². The molecule has 2 rings (SSSR count). The van der Waals surface area contributed by atoms with Crippen molar-refractivity contribution in [3.05, 3.63) is 65.0 Å². The fraction of sp³-hybridized carbons (Fsp3) is 0. The fourth-order valence-electron chi connectivity index (χ4n) is 2.06. The first-order valence-electron chi connectivity index (χ1n) is 6.24. The van der Waals surface area contributed by atoms with Crippen molar-refractivity contribution in [3.63, 3.8) is 0 Å². The largest absolute Gasteiger partial charge is 0.205 e. The third-order valence-corrected chi connectivity index (χ3v) is 5.59. The second kappa shape index (κ2) is 7.67. The molecule has 126 valence electrons. The minimum absolute atomic E-state index is 0.0194. The van der Waals surface area contributed by atoms with Gasteiger partial charge in [0.05, 0.1) is 10.3 Å². The van der Waals surface area contributed by atoms with Crippen LogP contribution in [-0.2, 0) is 0 Å². The third kappa shape index (κ3) is 2.98. The highest BCUT2D eigenvalue weighted by atomic mass is 32.2. The first-order valence-corrected chi connectivity index (χ1v) is 8.88. The summed E-state index contributed by atoms with van der Waals surface area (Å²) in [5.41, 5.74) is 0. The zero-order chi connectivity index (χ0) is 18.0. The van der Waals surface area contributed by atoms with Gasteiger partial charge in [0.25, 0.3) is 0 Å². The van der Waals surface area contributed by atoms with Gasteiger partial charge in [-0.05, 0) is 16.2 Å². The van der Waals surface area contributed by atoms with Crippen molar-refractivity contribution in [2.45, 2.75) is 14.7 Å². The van der Waals surface area contributed by atoms with Crippen molar-refractivity contribution in [2.24, 2.45) is 0 Å². The molecular formula is C16H9F5S3. The number of hydrogen-bond acceptors (Lipinski definition) is 3. The molecule has 0 nitrogen and oxygen atoms in total. The van der Waals surface area contributed by atoms with Crippen molar-refractivity contribution < 1.29 is 22.0 Å². The summed E-state index contributed by atoms with van der Waals surface area (Å²) in [5.74, 6) is -8.69. The summed E-state index contributed by atoms with van der Waals surface area (Å²) in [5, 5.41) is 2.31. The lowest BCUT2D eigenvalue weighted by Gasteiger charge is -2.17. The molecule has 8 heteroatoms. The minimum Gasteiger partial charge on any atom is -0.205 e. The maximum atomic E-state index is 14.8.